The van der Waals surface area contributed by atoms with Crippen LogP contribution in [-0.2, 0) is 0 Å². The molecule has 126 valence electrons. The molecule has 0 saturated heterocycles. The number of nitrogens with zero attached hydrogens (tertiary/aromatic N) is 2. The molecule has 3 aromatic carbocycles. The number of hydrogen-bond donors (Lipinski definition) is 1. The van der Waals surface area contributed by atoms with Crippen molar-refractivity contribution in [1.82, 2.24) is 9.55 Å². The van der Waals surface area contributed by atoms with Crippen molar-refractivity contribution >= 4 is 49.4 Å². The fraction of sp³-hybridized carbons (Fsp3) is 0.0455. The molecule has 2 aromatic heterocycles. The number of rotatable bonds is 2. The van der Waals surface area contributed by atoms with Crippen molar-refractivity contribution in [1.29, 1.82) is 0 Å². The lowest BCUT2D eigenvalue weighted by Gasteiger charge is -2.07. The molecular weight excluding hydrogens is 340 g/mol. The van der Waals surface area contributed by atoms with Crippen LogP contribution < -0.4 is 0 Å². The van der Waals surface area contributed by atoms with Crippen molar-refractivity contribution in [2.75, 3.05) is 0 Å². The summed E-state index contributed by atoms with van der Waals surface area (Å²) in [4.78, 5) is 4.65. The topological polar surface area (TPSA) is 38.1 Å². The van der Waals surface area contributed by atoms with Crippen LogP contribution in [0.3, 0.4) is 0 Å². The Morgan fingerprint density at radius 2 is 1.62 bits per heavy atom. The van der Waals surface area contributed by atoms with E-state index in [0.717, 1.165) is 20.9 Å². The van der Waals surface area contributed by atoms with Gasteiger partial charge in [-0.05, 0) is 37.3 Å². The molecule has 0 unspecified atom stereocenters. The van der Waals surface area contributed by atoms with Gasteiger partial charge in [0.15, 0.2) is 0 Å². The second-order valence-electron chi connectivity index (χ2n) is 6.36. The van der Waals surface area contributed by atoms with Gasteiger partial charge in [-0.1, -0.05) is 36.4 Å². The van der Waals surface area contributed by atoms with Crippen LogP contribution in [0.5, 0.6) is 0 Å². The molecule has 0 aliphatic rings. The number of para-hydroxylation sites is 2. The van der Waals surface area contributed by atoms with E-state index in [9.17, 15) is 5.11 Å². The highest BCUT2D eigenvalue weighted by Gasteiger charge is 2.12. The van der Waals surface area contributed by atoms with E-state index in [1.165, 1.54) is 21.8 Å². The lowest BCUT2D eigenvalue weighted by atomic mass is 10.2. The molecule has 0 aliphatic heterocycles. The molecule has 5 rings (SSSR count). The molecular formula is C22H16N2OS. The Labute approximate surface area is 154 Å². The molecule has 2 heterocycles. The molecule has 5 aromatic rings. The zero-order valence-corrected chi connectivity index (χ0v) is 15.0. The number of benzene rings is 3. The van der Waals surface area contributed by atoms with Crippen LogP contribution in [-0.4, -0.2) is 14.7 Å². The predicted molar refractivity (Wildman–Crippen MR) is 110 cm³/mol. The quantitative estimate of drug-likeness (QED) is 0.376. The summed E-state index contributed by atoms with van der Waals surface area (Å²) in [7, 11) is 0. The molecule has 0 saturated carbocycles. The van der Waals surface area contributed by atoms with Crippen LogP contribution in [0.1, 0.15) is 11.9 Å². The van der Waals surface area contributed by atoms with Gasteiger partial charge in [0.05, 0.1) is 27.0 Å². The number of aliphatic hydroxyl groups is 1. The van der Waals surface area contributed by atoms with E-state index in [4.69, 9.17) is 0 Å². The van der Waals surface area contributed by atoms with Crippen LogP contribution in [0.2, 0.25) is 0 Å². The second kappa shape index (κ2) is 5.71. The Hall–Kier alpha value is -3.11. The Balaban J connectivity index is 1.80. The summed E-state index contributed by atoms with van der Waals surface area (Å²) in [6.45, 7) is 1.66. The zero-order valence-electron chi connectivity index (χ0n) is 14.2. The van der Waals surface area contributed by atoms with Gasteiger partial charge in [0, 0.05) is 22.5 Å². The molecule has 1 N–H and O–H groups in total. The van der Waals surface area contributed by atoms with Gasteiger partial charge in [-0.2, -0.15) is 0 Å². The average Bonchev–Trinajstić information content (AvgIpc) is 3.18. The third-order valence-electron chi connectivity index (χ3n) is 4.56. The lowest BCUT2D eigenvalue weighted by Crippen LogP contribution is -1.93. The summed E-state index contributed by atoms with van der Waals surface area (Å²) < 4.78 is 3.40. The first kappa shape index (κ1) is 15.2. The van der Waals surface area contributed by atoms with Gasteiger partial charge >= 0.3 is 0 Å². The fourth-order valence-corrected chi connectivity index (χ4v) is 4.46. The maximum absolute atomic E-state index is 9.50. The molecule has 0 atom stereocenters. The number of aliphatic hydroxyl groups excluding tert-OH is 1. The van der Waals surface area contributed by atoms with Gasteiger partial charge in [-0.25, -0.2) is 4.98 Å². The summed E-state index contributed by atoms with van der Waals surface area (Å²) in [6, 6.07) is 23.3. The average molecular weight is 356 g/mol. The normalized spacial score (nSPS) is 12.4. The van der Waals surface area contributed by atoms with Crippen molar-refractivity contribution in [2.45, 2.75) is 6.92 Å². The van der Waals surface area contributed by atoms with Crippen molar-refractivity contribution in [2.24, 2.45) is 0 Å². The predicted octanol–water partition coefficient (Wildman–Crippen LogP) is 6.31. The molecule has 4 heteroatoms. The van der Waals surface area contributed by atoms with Crippen molar-refractivity contribution in [3.8, 4) is 5.69 Å². The van der Waals surface area contributed by atoms with E-state index in [-0.39, 0.29) is 5.76 Å². The van der Waals surface area contributed by atoms with Crippen LogP contribution in [0.25, 0.3) is 43.8 Å². The van der Waals surface area contributed by atoms with E-state index < -0.39 is 0 Å². The molecule has 26 heavy (non-hydrogen) atoms. The van der Waals surface area contributed by atoms with Gasteiger partial charge < -0.3 is 9.67 Å². The Morgan fingerprint density at radius 3 is 2.27 bits per heavy atom. The van der Waals surface area contributed by atoms with Gasteiger partial charge in [0.1, 0.15) is 5.01 Å². The zero-order chi connectivity index (χ0) is 17.7. The van der Waals surface area contributed by atoms with Crippen LogP contribution in [0.15, 0.2) is 72.5 Å². The number of thiazole rings is 1. The number of aromatic nitrogens is 2. The molecule has 0 aliphatic carbocycles. The van der Waals surface area contributed by atoms with E-state index in [1.807, 2.05) is 0 Å². The fourth-order valence-electron chi connectivity index (χ4n) is 3.51. The van der Waals surface area contributed by atoms with E-state index in [2.05, 4.69) is 76.3 Å². The summed E-state index contributed by atoms with van der Waals surface area (Å²) >= 11 is 1.58. The highest BCUT2D eigenvalue weighted by molar-refractivity contribution is 7.19. The summed E-state index contributed by atoms with van der Waals surface area (Å²) in [5, 5.41) is 12.8. The molecule has 0 bridgehead atoms. The van der Waals surface area contributed by atoms with Crippen LogP contribution in [0, 0.1) is 0 Å². The Morgan fingerprint density at radius 1 is 0.962 bits per heavy atom. The first-order valence-electron chi connectivity index (χ1n) is 8.47. The maximum Gasteiger partial charge on any atom is 0.120 e. The Kier molecular flexibility index (Phi) is 3.33. The minimum Gasteiger partial charge on any atom is -0.513 e. The highest BCUT2D eigenvalue weighted by atomic mass is 32.1. The van der Waals surface area contributed by atoms with Crippen LogP contribution in [0.4, 0.5) is 0 Å². The SMILES string of the molecule is C/C(O)=C/c1nc2cc(-n3c4ccccc4c4ccccc43)ccc2s1. The van der Waals surface area contributed by atoms with Gasteiger partial charge in [0.2, 0.25) is 0 Å². The molecule has 3 nitrogen and oxygen atoms in total. The molecule has 0 amide bonds. The van der Waals surface area contributed by atoms with Gasteiger partial charge in [-0.3, -0.25) is 0 Å². The second-order valence-corrected chi connectivity index (χ2v) is 7.42. The third kappa shape index (κ3) is 2.30. The Bertz CT molecular complexity index is 1250. The number of allylic oxidation sites excluding steroid dienone is 1. The molecule has 0 spiro atoms. The van der Waals surface area contributed by atoms with Gasteiger partial charge in [0.25, 0.3) is 0 Å². The lowest BCUT2D eigenvalue weighted by molar-refractivity contribution is 0.420. The summed E-state index contributed by atoms with van der Waals surface area (Å²) in [5.41, 5.74) is 4.42. The summed E-state index contributed by atoms with van der Waals surface area (Å²) in [6.07, 6.45) is 1.70. The van der Waals surface area contributed by atoms with Crippen molar-refractivity contribution in [3.63, 3.8) is 0 Å². The van der Waals surface area contributed by atoms with Crippen molar-refractivity contribution in [3.05, 3.63) is 77.5 Å². The minimum absolute atomic E-state index is 0.270. The minimum atomic E-state index is 0.270. The largest absolute Gasteiger partial charge is 0.513 e. The number of hydrogen-bond acceptors (Lipinski definition) is 3. The monoisotopic (exact) mass is 356 g/mol. The smallest absolute Gasteiger partial charge is 0.120 e. The van der Waals surface area contributed by atoms with E-state index >= 15 is 0 Å². The maximum atomic E-state index is 9.50. The first-order chi connectivity index (χ1) is 12.7. The van der Waals surface area contributed by atoms with E-state index in [0.29, 0.717) is 0 Å². The van der Waals surface area contributed by atoms with Crippen LogP contribution >= 0.6 is 11.3 Å². The molecule has 0 radical (unpaired) electrons. The highest BCUT2D eigenvalue weighted by Crippen LogP contribution is 2.33. The first-order valence-corrected chi connectivity index (χ1v) is 9.29. The van der Waals surface area contributed by atoms with Gasteiger partial charge in [-0.15, -0.1) is 11.3 Å². The van der Waals surface area contributed by atoms with E-state index in [1.54, 1.807) is 24.3 Å². The molecule has 0 fully saturated rings. The third-order valence-corrected chi connectivity index (χ3v) is 5.54. The van der Waals surface area contributed by atoms with Crippen molar-refractivity contribution < 1.29 is 5.11 Å². The number of fused-ring (bicyclic) bond motifs is 4. The summed E-state index contributed by atoms with van der Waals surface area (Å²) in [5.74, 6) is 0.270. The standard InChI is InChI=1S/C22H16N2OS/c1-14(25)12-22-23-18-13-15(10-11-21(18)26-22)24-19-8-4-2-6-16(19)17-7-3-5-9-20(17)24/h2-13,25H,1H3/b14-12-.